The molecule has 0 aliphatic carbocycles. The van der Waals surface area contributed by atoms with Crippen molar-refractivity contribution in [2.24, 2.45) is 0 Å². The van der Waals surface area contributed by atoms with Gasteiger partial charge in [0.25, 0.3) is 11.2 Å². The topological polar surface area (TPSA) is 152 Å². The van der Waals surface area contributed by atoms with Crippen molar-refractivity contribution >= 4 is 23.4 Å². The van der Waals surface area contributed by atoms with E-state index in [-0.39, 0.29) is 34.9 Å². The summed E-state index contributed by atoms with van der Waals surface area (Å²) in [5.41, 5.74) is 0.107. The zero-order valence-electron chi connectivity index (χ0n) is 26.8. The Labute approximate surface area is 290 Å². The van der Waals surface area contributed by atoms with Crippen molar-refractivity contribution < 1.29 is 28.7 Å². The van der Waals surface area contributed by atoms with Gasteiger partial charge in [-0.1, -0.05) is 109 Å². The summed E-state index contributed by atoms with van der Waals surface area (Å²) in [6.07, 6.45) is -2.61. The van der Waals surface area contributed by atoms with E-state index in [0.717, 1.165) is 16.7 Å². The standard InChI is InChI=1S/C37H32ClN3O9/c1-24-21-40(35(43)39-34(24)42)32-20-30(50-36(44)47-22-25-12-11-19-29(38)33(25)41(45)46)31(49-32)23-48-37(26-13-5-2-6-14-26,27-15-7-3-8-16-27)28-17-9-4-10-18-28/h2-19,21,30-32H,20,22-23H2,1H3,(H,39,42,43)/t30-,31?,32-/m1/s1. The second-order valence-corrected chi connectivity index (χ2v) is 12.0. The van der Waals surface area contributed by atoms with Gasteiger partial charge in [-0.3, -0.25) is 24.5 Å². The number of ether oxygens (including phenoxy) is 4. The Hall–Kier alpha value is -5.56. The Morgan fingerprint density at radius 2 is 1.52 bits per heavy atom. The molecule has 1 aromatic heterocycles. The summed E-state index contributed by atoms with van der Waals surface area (Å²) < 4.78 is 25.6. The summed E-state index contributed by atoms with van der Waals surface area (Å²) in [6.45, 7) is 0.953. The van der Waals surface area contributed by atoms with Gasteiger partial charge in [0.05, 0.1) is 17.1 Å². The van der Waals surface area contributed by atoms with E-state index >= 15 is 0 Å². The van der Waals surface area contributed by atoms with E-state index in [1.54, 1.807) is 6.92 Å². The van der Waals surface area contributed by atoms with E-state index in [1.807, 2.05) is 91.0 Å². The maximum atomic E-state index is 13.1. The predicted octanol–water partition coefficient (Wildman–Crippen LogP) is 6.42. The van der Waals surface area contributed by atoms with E-state index in [1.165, 1.54) is 29.0 Å². The first-order valence-electron chi connectivity index (χ1n) is 15.7. The van der Waals surface area contributed by atoms with Gasteiger partial charge in [-0.05, 0) is 35.7 Å². The summed E-state index contributed by atoms with van der Waals surface area (Å²) in [5, 5.41) is 11.5. The summed E-state index contributed by atoms with van der Waals surface area (Å²) in [7, 11) is 0. The number of nitro benzene ring substituents is 1. The third-order valence-corrected chi connectivity index (χ3v) is 8.79. The van der Waals surface area contributed by atoms with E-state index in [0.29, 0.717) is 0 Å². The highest BCUT2D eigenvalue weighted by Crippen LogP contribution is 2.42. The highest BCUT2D eigenvalue weighted by molar-refractivity contribution is 6.32. The van der Waals surface area contributed by atoms with Gasteiger partial charge in [0.1, 0.15) is 35.7 Å². The molecule has 1 unspecified atom stereocenters. The summed E-state index contributed by atoms with van der Waals surface area (Å²) in [5.74, 6) is 0. The average molecular weight is 698 g/mol. The summed E-state index contributed by atoms with van der Waals surface area (Å²) in [4.78, 5) is 51.3. The van der Waals surface area contributed by atoms with Gasteiger partial charge in [0, 0.05) is 18.2 Å². The van der Waals surface area contributed by atoms with E-state index in [9.17, 15) is 24.5 Å². The third kappa shape index (κ3) is 7.08. The van der Waals surface area contributed by atoms with E-state index in [4.69, 9.17) is 30.5 Å². The number of carbonyl (C=O) groups excluding carboxylic acids is 1. The fourth-order valence-corrected chi connectivity index (χ4v) is 6.36. The van der Waals surface area contributed by atoms with Crippen LogP contribution in [0.5, 0.6) is 0 Å². The quantitative estimate of drug-likeness (QED) is 0.0713. The maximum absolute atomic E-state index is 13.1. The first-order chi connectivity index (χ1) is 24.2. The molecular weight excluding hydrogens is 666 g/mol. The van der Waals surface area contributed by atoms with Gasteiger partial charge in [0.15, 0.2) is 0 Å². The molecule has 0 radical (unpaired) electrons. The van der Waals surface area contributed by atoms with Crippen LogP contribution in [0, 0.1) is 17.0 Å². The van der Waals surface area contributed by atoms with Crippen LogP contribution in [-0.2, 0) is 31.2 Å². The van der Waals surface area contributed by atoms with Crippen LogP contribution >= 0.6 is 11.6 Å². The smallest absolute Gasteiger partial charge is 0.429 e. The maximum Gasteiger partial charge on any atom is 0.508 e. The number of aromatic amines is 1. The highest BCUT2D eigenvalue weighted by atomic mass is 35.5. The number of aryl methyl sites for hydroxylation is 1. The van der Waals surface area contributed by atoms with Crippen molar-refractivity contribution in [1.29, 1.82) is 0 Å². The number of aromatic nitrogens is 2. The van der Waals surface area contributed by atoms with Crippen LogP contribution in [0.4, 0.5) is 10.5 Å². The molecule has 3 atom stereocenters. The Balaban J connectivity index is 1.32. The van der Waals surface area contributed by atoms with Crippen LogP contribution in [0.1, 0.15) is 40.5 Å². The number of nitro groups is 1. The molecule has 12 nitrogen and oxygen atoms in total. The number of hydrogen-bond donors (Lipinski definition) is 1. The molecular formula is C37H32ClN3O9. The molecule has 1 saturated heterocycles. The van der Waals surface area contributed by atoms with Crippen LogP contribution in [0.2, 0.25) is 5.02 Å². The lowest BCUT2D eigenvalue weighted by molar-refractivity contribution is -0.385. The van der Waals surface area contributed by atoms with Crippen LogP contribution < -0.4 is 11.2 Å². The SMILES string of the molecule is Cc1cn([C@H]2C[C@@H](OC(=O)OCc3cccc(Cl)c3[N+](=O)[O-])C(COC(c3ccccc3)(c3ccccc3)c3ccccc3)O2)c(=O)[nH]c1=O. The van der Waals surface area contributed by atoms with Gasteiger partial charge in [0.2, 0.25) is 0 Å². The second-order valence-electron chi connectivity index (χ2n) is 11.6. The molecule has 13 heteroatoms. The molecule has 1 aliphatic rings. The number of para-hydroxylation sites is 1. The highest BCUT2D eigenvalue weighted by Gasteiger charge is 2.44. The Bertz CT molecular complexity index is 1990. The van der Waals surface area contributed by atoms with Crippen LogP contribution in [0.3, 0.4) is 0 Å². The van der Waals surface area contributed by atoms with E-state index < -0.39 is 53.0 Å². The summed E-state index contributed by atoms with van der Waals surface area (Å²) in [6, 6.07) is 33.3. The molecule has 1 fully saturated rings. The monoisotopic (exact) mass is 697 g/mol. The minimum absolute atomic E-state index is 0.000834. The van der Waals surface area contributed by atoms with Gasteiger partial charge < -0.3 is 18.9 Å². The number of H-pyrrole nitrogens is 1. The molecule has 1 aliphatic heterocycles. The Morgan fingerprint density at radius 1 is 0.940 bits per heavy atom. The molecule has 1 N–H and O–H groups in total. The molecule has 0 saturated carbocycles. The molecule has 5 aromatic rings. The molecule has 0 bridgehead atoms. The zero-order chi connectivity index (χ0) is 35.3. The van der Waals surface area contributed by atoms with E-state index in [2.05, 4.69) is 4.98 Å². The molecule has 6 rings (SSSR count). The van der Waals surface area contributed by atoms with Crippen molar-refractivity contribution in [1.82, 2.24) is 9.55 Å². The summed E-state index contributed by atoms with van der Waals surface area (Å²) >= 11 is 6.01. The normalized spacial score (nSPS) is 17.3. The minimum atomic E-state index is -1.13. The van der Waals surface area contributed by atoms with Crippen molar-refractivity contribution in [2.45, 2.75) is 44.0 Å². The largest absolute Gasteiger partial charge is 0.508 e. The molecule has 4 aromatic carbocycles. The van der Waals surface area contributed by atoms with Gasteiger partial charge in [-0.25, -0.2) is 9.59 Å². The van der Waals surface area contributed by atoms with Crippen LogP contribution in [0.25, 0.3) is 0 Å². The van der Waals surface area contributed by atoms with Crippen LogP contribution in [0.15, 0.2) is 125 Å². The Kier molecular flexibility index (Phi) is 10.2. The first kappa shape index (κ1) is 34.3. The zero-order valence-corrected chi connectivity index (χ0v) is 27.5. The van der Waals surface area contributed by atoms with Crippen molar-refractivity contribution in [3.05, 3.63) is 179 Å². The third-order valence-electron chi connectivity index (χ3n) is 8.49. The molecule has 0 amide bonds. The van der Waals surface area contributed by atoms with Crippen molar-refractivity contribution in [2.75, 3.05) is 6.61 Å². The molecule has 256 valence electrons. The number of nitrogens with one attached hydrogen (secondary N) is 1. The number of hydrogen-bond acceptors (Lipinski definition) is 9. The molecule has 2 heterocycles. The first-order valence-corrected chi connectivity index (χ1v) is 16.1. The average Bonchev–Trinajstić information content (AvgIpc) is 3.52. The van der Waals surface area contributed by atoms with Gasteiger partial charge in [-0.2, -0.15) is 0 Å². The molecule has 0 spiro atoms. The number of rotatable bonds is 11. The van der Waals surface area contributed by atoms with Crippen molar-refractivity contribution in [3.63, 3.8) is 0 Å². The molecule has 50 heavy (non-hydrogen) atoms. The lowest BCUT2D eigenvalue weighted by Crippen LogP contribution is -2.39. The van der Waals surface area contributed by atoms with Crippen molar-refractivity contribution in [3.8, 4) is 0 Å². The fraction of sp³-hybridized carbons (Fsp3) is 0.216. The van der Waals surface area contributed by atoms with Gasteiger partial charge >= 0.3 is 11.8 Å². The van der Waals surface area contributed by atoms with Gasteiger partial charge in [-0.15, -0.1) is 0 Å². The number of benzene rings is 4. The predicted molar refractivity (Wildman–Crippen MR) is 183 cm³/mol. The Morgan fingerprint density at radius 3 is 2.08 bits per heavy atom. The lowest BCUT2D eigenvalue weighted by atomic mass is 9.80. The van der Waals surface area contributed by atoms with Crippen LogP contribution in [-0.4, -0.2) is 39.4 Å². The number of halogens is 1. The fourth-order valence-electron chi connectivity index (χ4n) is 6.10. The lowest BCUT2D eigenvalue weighted by Gasteiger charge is -2.37. The number of carbonyl (C=O) groups is 1. The second kappa shape index (κ2) is 14.9. The minimum Gasteiger partial charge on any atom is -0.429 e. The number of nitrogens with zero attached hydrogens (tertiary/aromatic N) is 2.